The van der Waals surface area contributed by atoms with Crippen LogP contribution >= 0.6 is 0 Å². The van der Waals surface area contributed by atoms with Gasteiger partial charge in [0.15, 0.2) is 0 Å². The number of benzene rings is 1. The first-order valence-corrected chi connectivity index (χ1v) is 7.70. The fraction of sp³-hybridized carbons (Fsp3) is 0.588. The molecule has 1 fully saturated rings. The third-order valence-corrected chi connectivity index (χ3v) is 3.58. The van der Waals surface area contributed by atoms with Gasteiger partial charge in [-0.15, -0.1) is 0 Å². The van der Waals surface area contributed by atoms with E-state index in [-0.39, 0.29) is 6.09 Å². The van der Waals surface area contributed by atoms with Gasteiger partial charge in [0.25, 0.3) is 0 Å². The van der Waals surface area contributed by atoms with Crippen LogP contribution in [0.1, 0.15) is 50.7 Å². The summed E-state index contributed by atoms with van der Waals surface area (Å²) >= 11 is 0. The van der Waals surface area contributed by atoms with Crippen LogP contribution in [0.4, 0.5) is 4.79 Å². The Morgan fingerprint density at radius 1 is 1.33 bits per heavy atom. The first-order chi connectivity index (χ1) is 9.94. The maximum Gasteiger partial charge on any atom is 0.407 e. The summed E-state index contributed by atoms with van der Waals surface area (Å²) in [4.78, 5) is 11.6. The van der Waals surface area contributed by atoms with Crippen molar-refractivity contribution in [1.29, 1.82) is 0 Å². The molecule has 2 rings (SSSR count). The zero-order chi connectivity index (χ0) is 15.3. The predicted octanol–water partition coefficient (Wildman–Crippen LogP) is 3.18. The molecule has 2 N–H and O–H groups in total. The first kappa shape index (κ1) is 15.8. The van der Waals surface area contributed by atoms with Gasteiger partial charge in [0, 0.05) is 13.1 Å². The SMILES string of the molecule is CC(C)(C)OC(=O)NCc1ccc(C2CCCNC2)cc1. The van der Waals surface area contributed by atoms with E-state index < -0.39 is 5.60 Å². The number of rotatable bonds is 3. The molecule has 0 bridgehead atoms. The number of nitrogens with one attached hydrogen (secondary N) is 2. The molecule has 1 saturated heterocycles. The van der Waals surface area contributed by atoms with Crippen LogP contribution in [-0.4, -0.2) is 24.8 Å². The minimum Gasteiger partial charge on any atom is -0.444 e. The van der Waals surface area contributed by atoms with Gasteiger partial charge in [0.2, 0.25) is 0 Å². The van der Waals surface area contributed by atoms with E-state index in [9.17, 15) is 4.79 Å². The summed E-state index contributed by atoms with van der Waals surface area (Å²) in [7, 11) is 0. The highest BCUT2D eigenvalue weighted by Gasteiger charge is 2.16. The number of carbonyl (C=O) groups excluding carboxylic acids is 1. The molecule has 116 valence electrons. The predicted molar refractivity (Wildman–Crippen MR) is 84.4 cm³/mol. The number of hydrogen-bond donors (Lipinski definition) is 2. The van der Waals surface area contributed by atoms with E-state index >= 15 is 0 Å². The fourth-order valence-electron chi connectivity index (χ4n) is 2.53. The maximum atomic E-state index is 11.6. The van der Waals surface area contributed by atoms with Crippen LogP contribution in [0.15, 0.2) is 24.3 Å². The summed E-state index contributed by atoms with van der Waals surface area (Å²) < 4.78 is 5.22. The quantitative estimate of drug-likeness (QED) is 0.899. The number of alkyl carbamates (subject to hydrolysis) is 1. The standard InChI is InChI=1S/C17H26N2O2/c1-17(2,3)21-16(20)19-11-13-6-8-14(9-7-13)15-5-4-10-18-12-15/h6-9,15,18H,4-5,10-12H2,1-3H3,(H,19,20). The molecule has 0 aromatic heterocycles. The highest BCUT2D eigenvalue weighted by atomic mass is 16.6. The Kier molecular flexibility index (Phi) is 5.23. The van der Waals surface area contributed by atoms with Crippen LogP contribution in [-0.2, 0) is 11.3 Å². The van der Waals surface area contributed by atoms with Gasteiger partial charge >= 0.3 is 6.09 Å². The Labute approximate surface area is 127 Å². The van der Waals surface area contributed by atoms with Gasteiger partial charge in [-0.25, -0.2) is 4.79 Å². The largest absolute Gasteiger partial charge is 0.444 e. The lowest BCUT2D eigenvalue weighted by Gasteiger charge is -2.23. The van der Waals surface area contributed by atoms with Crippen molar-refractivity contribution in [3.8, 4) is 0 Å². The van der Waals surface area contributed by atoms with Crippen LogP contribution in [0.25, 0.3) is 0 Å². The molecule has 0 saturated carbocycles. The van der Waals surface area contributed by atoms with Gasteiger partial charge < -0.3 is 15.4 Å². The number of piperidine rings is 1. The topological polar surface area (TPSA) is 50.4 Å². The van der Waals surface area contributed by atoms with Crippen molar-refractivity contribution in [3.05, 3.63) is 35.4 Å². The zero-order valence-corrected chi connectivity index (χ0v) is 13.2. The smallest absolute Gasteiger partial charge is 0.407 e. The molecule has 1 aromatic carbocycles. The van der Waals surface area contributed by atoms with Crippen molar-refractivity contribution in [2.45, 2.75) is 51.7 Å². The number of hydrogen-bond acceptors (Lipinski definition) is 3. The van der Waals surface area contributed by atoms with Crippen LogP contribution in [0.3, 0.4) is 0 Å². The van der Waals surface area contributed by atoms with E-state index in [0.29, 0.717) is 12.5 Å². The molecule has 1 heterocycles. The molecule has 0 spiro atoms. The van der Waals surface area contributed by atoms with Gasteiger partial charge in [-0.2, -0.15) is 0 Å². The third-order valence-electron chi connectivity index (χ3n) is 3.58. The van der Waals surface area contributed by atoms with Crippen molar-refractivity contribution in [2.75, 3.05) is 13.1 Å². The van der Waals surface area contributed by atoms with Crippen LogP contribution < -0.4 is 10.6 Å². The monoisotopic (exact) mass is 290 g/mol. The second-order valence-electron chi connectivity index (χ2n) is 6.64. The Hall–Kier alpha value is -1.55. The lowest BCUT2D eigenvalue weighted by Crippen LogP contribution is -2.32. The summed E-state index contributed by atoms with van der Waals surface area (Å²) in [5, 5.41) is 6.22. The Bertz CT molecular complexity index is 457. The summed E-state index contributed by atoms with van der Waals surface area (Å²) in [6.45, 7) is 8.28. The lowest BCUT2D eigenvalue weighted by molar-refractivity contribution is 0.0523. The molecule has 1 aliphatic rings. The first-order valence-electron chi connectivity index (χ1n) is 7.70. The van der Waals surface area contributed by atoms with Crippen molar-refractivity contribution < 1.29 is 9.53 Å². The molecule has 1 amide bonds. The highest BCUT2D eigenvalue weighted by molar-refractivity contribution is 5.67. The average molecular weight is 290 g/mol. The average Bonchev–Trinajstić information content (AvgIpc) is 2.45. The summed E-state index contributed by atoms with van der Waals surface area (Å²) in [5.74, 6) is 0.617. The van der Waals surface area contributed by atoms with Gasteiger partial charge in [-0.3, -0.25) is 0 Å². The lowest BCUT2D eigenvalue weighted by atomic mass is 9.91. The van der Waals surface area contributed by atoms with Crippen molar-refractivity contribution in [3.63, 3.8) is 0 Å². The van der Waals surface area contributed by atoms with E-state index in [1.165, 1.54) is 18.4 Å². The molecule has 1 unspecified atom stereocenters. The molecule has 1 atom stereocenters. The Morgan fingerprint density at radius 2 is 2.05 bits per heavy atom. The van der Waals surface area contributed by atoms with E-state index in [4.69, 9.17) is 4.74 Å². The second-order valence-corrected chi connectivity index (χ2v) is 6.64. The third kappa shape index (κ3) is 5.38. The van der Waals surface area contributed by atoms with E-state index in [2.05, 4.69) is 34.9 Å². The number of carbonyl (C=O) groups is 1. The molecular formula is C17H26N2O2. The minimum atomic E-state index is -0.456. The normalized spacial score (nSPS) is 19.1. The fourth-order valence-corrected chi connectivity index (χ4v) is 2.53. The van der Waals surface area contributed by atoms with Gasteiger partial charge in [0.1, 0.15) is 5.60 Å². The van der Waals surface area contributed by atoms with Gasteiger partial charge in [-0.05, 0) is 57.2 Å². The Balaban J connectivity index is 1.83. The Morgan fingerprint density at radius 3 is 2.62 bits per heavy atom. The second kappa shape index (κ2) is 6.94. The van der Waals surface area contributed by atoms with Crippen molar-refractivity contribution >= 4 is 6.09 Å². The van der Waals surface area contributed by atoms with Crippen LogP contribution in [0, 0.1) is 0 Å². The molecule has 4 nitrogen and oxygen atoms in total. The maximum absolute atomic E-state index is 11.6. The molecular weight excluding hydrogens is 264 g/mol. The summed E-state index contributed by atoms with van der Waals surface area (Å²) in [6, 6.07) is 8.51. The molecule has 1 aromatic rings. The van der Waals surface area contributed by atoms with E-state index in [0.717, 1.165) is 18.7 Å². The van der Waals surface area contributed by atoms with Crippen molar-refractivity contribution in [2.24, 2.45) is 0 Å². The minimum absolute atomic E-state index is 0.372. The van der Waals surface area contributed by atoms with Crippen LogP contribution in [0.5, 0.6) is 0 Å². The van der Waals surface area contributed by atoms with E-state index in [1.54, 1.807) is 0 Å². The van der Waals surface area contributed by atoms with Crippen LogP contribution in [0.2, 0.25) is 0 Å². The zero-order valence-electron chi connectivity index (χ0n) is 13.2. The van der Waals surface area contributed by atoms with Gasteiger partial charge in [0.05, 0.1) is 0 Å². The highest BCUT2D eigenvalue weighted by Crippen LogP contribution is 2.23. The molecule has 1 aliphatic heterocycles. The molecule has 0 aliphatic carbocycles. The number of ether oxygens (including phenoxy) is 1. The van der Waals surface area contributed by atoms with Gasteiger partial charge in [-0.1, -0.05) is 24.3 Å². The van der Waals surface area contributed by atoms with E-state index in [1.807, 2.05) is 20.8 Å². The van der Waals surface area contributed by atoms with Crippen molar-refractivity contribution in [1.82, 2.24) is 10.6 Å². The number of amides is 1. The molecule has 21 heavy (non-hydrogen) atoms. The summed E-state index contributed by atoms with van der Waals surface area (Å²) in [5.41, 5.74) is 2.01. The summed E-state index contributed by atoms with van der Waals surface area (Å²) in [6.07, 6.45) is 2.12. The molecule has 0 radical (unpaired) electrons. The molecule has 4 heteroatoms.